The fourth-order valence-electron chi connectivity index (χ4n) is 2.78. The molecule has 2 heteroatoms. The van der Waals surface area contributed by atoms with Gasteiger partial charge in [-0.25, -0.2) is 0 Å². The van der Waals surface area contributed by atoms with Crippen molar-refractivity contribution in [1.82, 2.24) is 0 Å². The lowest BCUT2D eigenvalue weighted by Crippen LogP contribution is -2.31. The predicted octanol–water partition coefficient (Wildman–Crippen LogP) is 5.74. The molecule has 0 aliphatic heterocycles. The third kappa shape index (κ3) is 9.77. The van der Waals surface area contributed by atoms with Gasteiger partial charge in [-0.15, -0.1) is 0 Å². The molecule has 0 unspecified atom stereocenters. The van der Waals surface area contributed by atoms with Gasteiger partial charge in [0.25, 0.3) is 0 Å². The first kappa shape index (κ1) is 19.9. The van der Waals surface area contributed by atoms with E-state index in [1.165, 1.54) is 51.4 Å². The van der Waals surface area contributed by atoms with Gasteiger partial charge in [0.2, 0.25) is 0 Å². The Morgan fingerprint density at radius 2 is 1.30 bits per heavy atom. The van der Waals surface area contributed by atoms with E-state index in [0.29, 0.717) is 0 Å². The maximum Gasteiger partial charge on any atom is 0.0677 e. The van der Waals surface area contributed by atoms with Crippen molar-refractivity contribution >= 4 is 0 Å². The van der Waals surface area contributed by atoms with Crippen molar-refractivity contribution in [3.8, 4) is 0 Å². The van der Waals surface area contributed by atoms with Gasteiger partial charge in [-0.2, -0.15) is 0 Å². The number of hydrogen-bond acceptors (Lipinski definition) is 2. The summed E-state index contributed by atoms with van der Waals surface area (Å²) >= 11 is 0. The Morgan fingerprint density at radius 1 is 0.700 bits per heavy atom. The van der Waals surface area contributed by atoms with Crippen LogP contribution in [0.1, 0.15) is 91.4 Å². The van der Waals surface area contributed by atoms with Crippen molar-refractivity contribution in [3.05, 3.63) is 0 Å². The standard InChI is InChI=1S/C18H38O2/c1-5-8-9-10-11-12-13-15-18(6-2,7-3)20-17-14-16-19-4/h5-17H2,1-4H3. The minimum absolute atomic E-state index is 0.122. The largest absolute Gasteiger partial charge is 0.385 e. The fraction of sp³-hybridized carbons (Fsp3) is 1.00. The molecule has 20 heavy (non-hydrogen) atoms. The van der Waals surface area contributed by atoms with Crippen LogP contribution in [-0.2, 0) is 9.47 Å². The van der Waals surface area contributed by atoms with Crippen LogP contribution >= 0.6 is 0 Å². The summed E-state index contributed by atoms with van der Waals surface area (Å²) in [5.74, 6) is 0. The molecule has 0 aromatic rings. The molecule has 0 rings (SSSR count). The van der Waals surface area contributed by atoms with E-state index >= 15 is 0 Å². The Hall–Kier alpha value is -0.0800. The summed E-state index contributed by atoms with van der Waals surface area (Å²) < 4.78 is 11.3. The Morgan fingerprint density at radius 3 is 1.85 bits per heavy atom. The van der Waals surface area contributed by atoms with Crippen molar-refractivity contribution < 1.29 is 9.47 Å². The van der Waals surface area contributed by atoms with Gasteiger partial charge in [0, 0.05) is 20.3 Å². The van der Waals surface area contributed by atoms with Crippen molar-refractivity contribution in [2.75, 3.05) is 20.3 Å². The molecule has 0 spiro atoms. The number of ether oxygens (including phenoxy) is 2. The second-order valence-corrected chi connectivity index (χ2v) is 5.96. The zero-order chi connectivity index (χ0) is 15.1. The zero-order valence-corrected chi connectivity index (χ0v) is 14.5. The van der Waals surface area contributed by atoms with Crippen molar-refractivity contribution in [2.24, 2.45) is 0 Å². The molecule has 2 nitrogen and oxygen atoms in total. The lowest BCUT2D eigenvalue weighted by atomic mass is 9.90. The SMILES string of the molecule is CCCCCCCCCC(CC)(CC)OCCCOC. The summed E-state index contributed by atoms with van der Waals surface area (Å²) in [7, 11) is 1.76. The van der Waals surface area contributed by atoms with Crippen LogP contribution in [-0.4, -0.2) is 25.9 Å². The van der Waals surface area contributed by atoms with E-state index in [9.17, 15) is 0 Å². The van der Waals surface area contributed by atoms with E-state index in [2.05, 4.69) is 20.8 Å². The Balaban J connectivity index is 3.76. The third-order valence-corrected chi connectivity index (χ3v) is 4.43. The molecule has 0 aromatic carbocycles. The van der Waals surface area contributed by atoms with Gasteiger partial charge in [-0.1, -0.05) is 65.7 Å². The maximum absolute atomic E-state index is 6.20. The van der Waals surface area contributed by atoms with E-state index in [-0.39, 0.29) is 5.60 Å². The summed E-state index contributed by atoms with van der Waals surface area (Å²) in [5.41, 5.74) is 0.122. The van der Waals surface area contributed by atoms with Gasteiger partial charge < -0.3 is 9.47 Å². The number of methoxy groups -OCH3 is 1. The van der Waals surface area contributed by atoms with Gasteiger partial charge in [-0.3, -0.25) is 0 Å². The van der Waals surface area contributed by atoms with Crippen LogP contribution in [0.15, 0.2) is 0 Å². The first-order valence-corrected chi connectivity index (χ1v) is 8.87. The Bertz CT molecular complexity index is 188. The average Bonchev–Trinajstić information content (AvgIpc) is 2.49. The van der Waals surface area contributed by atoms with E-state index in [1.807, 2.05) is 0 Å². The van der Waals surface area contributed by atoms with Gasteiger partial charge >= 0.3 is 0 Å². The van der Waals surface area contributed by atoms with Crippen LogP contribution in [0.2, 0.25) is 0 Å². The quantitative estimate of drug-likeness (QED) is 0.357. The summed E-state index contributed by atoms with van der Waals surface area (Å²) in [4.78, 5) is 0. The molecule has 0 fully saturated rings. The van der Waals surface area contributed by atoms with E-state index in [1.54, 1.807) is 7.11 Å². The summed E-state index contributed by atoms with van der Waals surface area (Å²) in [5, 5.41) is 0. The minimum Gasteiger partial charge on any atom is -0.385 e. The predicted molar refractivity (Wildman–Crippen MR) is 88.4 cm³/mol. The summed E-state index contributed by atoms with van der Waals surface area (Å²) in [6, 6.07) is 0. The highest BCUT2D eigenvalue weighted by Crippen LogP contribution is 2.28. The van der Waals surface area contributed by atoms with E-state index < -0.39 is 0 Å². The first-order valence-electron chi connectivity index (χ1n) is 8.87. The van der Waals surface area contributed by atoms with E-state index in [0.717, 1.165) is 32.5 Å². The lowest BCUT2D eigenvalue weighted by Gasteiger charge is -2.32. The number of rotatable bonds is 15. The van der Waals surface area contributed by atoms with Gasteiger partial charge in [0.1, 0.15) is 0 Å². The smallest absolute Gasteiger partial charge is 0.0677 e. The second kappa shape index (κ2) is 13.9. The molecular formula is C18H38O2. The molecule has 0 aromatic heterocycles. The normalized spacial score (nSPS) is 12.0. The summed E-state index contributed by atoms with van der Waals surface area (Å²) in [6.45, 7) is 8.45. The minimum atomic E-state index is 0.122. The third-order valence-electron chi connectivity index (χ3n) is 4.43. The van der Waals surface area contributed by atoms with Crippen LogP contribution < -0.4 is 0 Å². The summed E-state index contributed by atoms with van der Waals surface area (Å²) in [6.07, 6.45) is 14.1. The molecule has 0 aliphatic rings. The second-order valence-electron chi connectivity index (χ2n) is 5.96. The fourth-order valence-corrected chi connectivity index (χ4v) is 2.78. The van der Waals surface area contributed by atoms with Crippen molar-refractivity contribution in [1.29, 1.82) is 0 Å². The number of hydrogen-bond donors (Lipinski definition) is 0. The molecule has 0 aliphatic carbocycles. The van der Waals surface area contributed by atoms with Crippen LogP contribution in [0.3, 0.4) is 0 Å². The molecule has 122 valence electrons. The maximum atomic E-state index is 6.20. The van der Waals surface area contributed by atoms with Crippen molar-refractivity contribution in [2.45, 2.75) is 97.0 Å². The molecule has 0 heterocycles. The topological polar surface area (TPSA) is 18.5 Å². The Kier molecular flexibility index (Phi) is 13.8. The lowest BCUT2D eigenvalue weighted by molar-refractivity contribution is -0.0636. The first-order chi connectivity index (χ1) is 9.74. The molecular weight excluding hydrogens is 248 g/mol. The zero-order valence-electron chi connectivity index (χ0n) is 14.5. The Labute approximate surface area is 127 Å². The van der Waals surface area contributed by atoms with Crippen LogP contribution in [0.4, 0.5) is 0 Å². The molecule has 0 saturated carbocycles. The van der Waals surface area contributed by atoms with Gasteiger partial charge in [0.05, 0.1) is 5.60 Å². The molecule has 0 atom stereocenters. The number of unbranched alkanes of at least 4 members (excludes halogenated alkanes) is 6. The molecule has 0 bridgehead atoms. The van der Waals surface area contributed by atoms with Crippen LogP contribution in [0, 0.1) is 0 Å². The van der Waals surface area contributed by atoms with Crippen LogP contribution in [0.25, 0.3) is 0 Å². The monoisotopic (exact) mass is 286 g/mol. The highest BCUT2D eigenvalue weighted by Gasteiger charge is 2.25. The van der Waals surface area contributed by atoms with Crippen LogP contribution in [0.5, 0.6) is 0 Å². The highest BCUT2D eigenvalue weighted by atomic mass is 16.5. The molecule has 0 N–H and O–H groups in total. The van der Waals surface area contributed by atoms with Crippen molar-refractivity contribution in [3.63, 3.8) is 0 Å². The molecule has 0 radical (unpaired) electrons. The van der Waals surface area contributed by atoms with Gasteiger partial charge in [-0.05, 0) is 25.7 Å². The van der Waals surface area contributed by atoms with E-state index in [4.69, 9.17) is 9.47 Å². The average molecular weight is 286 g/mol. The highest BCUT2D eigenvalue weighted by molar-refractivity contribution is 4.77. The molecule has 0 saturated heterocycles. The molecule has 0 amide bonds. The van der Waals surface area contributed by atoms with Gasteiger partial charge in [0.15, 0.2) is 0 Å².